The Morgan fingerprint density at radius 1 is 1.03 bits per heavy atom. The lowest BCUT2D eigenvalue weighted by Crippen LogP contribution is -2.63. The van der Waals surface area contributed by atoms with Crippen LogP contribution >= 0.6 is 0 Å². The maximum Gasteiger partial charge on any atom is 0.342 e. The zero-order valence-corrected chi connectivity index (χ0v) is 17.4. The number of aromatic nitrogens is 1. The molecule has 1 aliphatic rings. The molecule has 1 aromatic heterocycles. The highest BCUT2D eigenvalue weighted by Gasteiger charge is 2.59. The zero-order valence-electron chi connectivity index (χ0n) is 17.4. The van der Waals surface area contributed by atoms with E-state index >= 15 is 0 Å². The van der Waals surface area contributed by atoms with Crippen LogP contribution < -0.4 is 4.90 Å². The van der Waals surface area contributed by atoms with Crippen molar-refractivity contribution < 1.29 is 28.7 Å². The molecule has 1 aromatic carbocycles. The van der Waals surface area contributed by atoms with Gasteiger partial charge in [-0.15, -0.1) is 0 Å². The molecule has 2 amide bonds. The molecule has 0 spiro atoms. The molecule has 3 rings (SSSR count). The van der Waals surface area contributed by atoms with Crippen molar-refractivity contribution >= 4 is 29.4 Å². The number of hydrogen-bond acceptors (Lipinski definition) is 6. The number of carbonyl (C=O) groups is 4. The number of anilines is 1. The molecular formula is C22H24N2O6. The van der Waals surface area contributed by atoms with Gasteiger partial charge in [0.2, 0.25) is 5.54 Å². The summed E-state index contributed by atoms with van der Waals surface area (Å²) in [7, 11) is 0. The van der Waals surface area contributed by atoms with E-state index in [4.69, 9.17) is 9.47 Å². The summed E-state index contributed by atoms with van der Waals surface area (Å²) in [6.45, 7) is 6.66. The lowest BCUT2D eigenvalue weighted by molar-refractivity contribution is -0.169. The Morgan fingerprint density at radius 2 is 1.70 bits per heavy atom. The second-order valence-electron chi connectivity index (χ2n) is 7.89. The first-order valence-corrected chi connectivity index (χ1v) is 9.62. The molecule has 0 bridgehead atoms. The fourth-order valence-electron chi connectivity index (χ4n) is 3.45. The van der Waals surface area contributed by atoms with Crippen LogP contribution in [0.4, 0.5) is 5.69 Å². The van der Waals surface area contributed by atoms with Gasteiger partial charge >= 0.3 is 11.9 Å². The molecule has 1 aliphatic heterocycles. The molecule has 8 nitrogen and oxygen atoms in total. The number of nitrogens with zero attached hydrogens (tertiary/aromatic N) is 2. The molecule has 158 valence electrons. The largest absolute Gasteiger partial charge is 0.464 e. The molecule has 1 unspecified atom stereocenters. The standard InChI is InChI=1S/C22H24N2O6/c1-5-29-20(28)22(14-17(25)30-21(2,3)4)19(27)24(15-10-7-6-8-11-15)18(26)16-12-9-13-23(16)22/h6-13H,5,14H2,1-4H3. The van der Waals surface area contributed by atoms with Crippen molar-refractivity contribution in [2.75, 3.05) is 11.5 Å². The lowest BCUT2D eigenvalue weighted by Gasteiger charge is -2.40. The van der Waals surface area contributed by atoms with E-state index in [2.05, 4.69) is 0 Å². The van der Waals surface area contributed by atoms with Crippen LogP contribution in [0.15, 0.2) is 48.7 Å². The quantitative estimate of drug-likeness (QED) is 0.426. The van der Waals surface area contributed by atoms with Gasteiger partial charge in [-0.3, -0.25) is 14.4 Å². The SMILES string of the molecule is CCOC(=O)C1(CC(=O)OC(C)(C)C)C(=O)N(c2ccccc2)C(=O)c2cccn21. The summed E-state index contributed by atoms with van der Waals surface area (Å²) >= 11 is 0. The molecule has 0 aliphatic carbocycles. The number of amides is 2. The van der Waals surface area contributed by atoms with Gasteiger partial charge in [-0.25, -0.2) is 9.69 Å². The second-order valence-corrected chi connectivity index (χ2v) is 7.89. The van der Waals surface area contributed by atoms with Gasteiger partial charge in [0, 0.05) is 6.20 Å². The molecule has 2 aromatic rings. The van der Waals surface area contributed by atoms with Crippen LogP contribution in [0.3, 0.4) is 0 Å². The smallest absolute Gasteiger partial charge is 0.342 e. The van der Waals surface area contributed by atoms with Gasteiger partial charge in [-0.2, -0.15) is 0 Å². The number of benzene rings is 1. The van der Waals surface area contributed by atoms with Gasteiger partial charge in [0.25, 0.3) is 11.8 Å². The number of hydrogen-bond donors (Lipinski definition) is 0. The molecule has 0 saturated carbocycles. The molecular weight excluding hydrogens is 388 g/mol. The van der Waals surface area contributed by atoms with E-state index in [0.717, 1.165) is 4.90 Å². The summed E-state index contributed by atoms with van der Waals surface area (Å²) in [5.74, 6) is -3.15. The minimum Gasteiger partial charge on any atom is -0.464 e. The topological polar surface area (TPSA) is 94.9 Å². The monoisotopic (exact) mass is 412 g/mol. The van der Waals surface area contributed by atoms with Gasteiger partial charge in [0.1, 0.15) is 11.3 Å². The Kier molecular flexibility index (Phi) is 5.52. The number of fused-ring (bicyclic) bond motifs is 1. The number of carbonyl (C=O) groups excluding carboxylic acids is 4. The highest BCUT2D eigenvalue weighted by molar-refractivity contribution is 6.29. The van der Waals surface area contributed by atoms with Crippen molar-refractivity contribution in [2.45, 2.75) is 45.3 Å². The van der Waals surface area contributed by atoms with Gasteiger partial charge in [-0.1, -0.05) is 18.2 Å². The van der Waals surface area contributed by atoms with Gasteiger partial charge in [-0.05, 0) is 52.0 Å². The normalized spacial score (nSPS) is 18.7. The number of ether oxygens (including phenoxy) is 2. The Hall–Kier alpha value is -3.42. The van der Waals surface area contributed by atoms with E-state index in [1.165, 1.54) is 22.9 Å². The molecule has 0 radical (unpaired) electrons. The fourth-order valence-corrected chi connectivity index (χ4v) is 3.45. The number of rotatable bonds is 5. The minimum absolute atomic E-state index is 0.00192. The van der Waals surface area contributed by atoms with Crippen LogP contribution in [0.25, 0.3) is 0 Å². The third-order valence-electron chi connectivity index (χ3n) is 4.59. The maximum atomic E-state index is 13.7. The predicted molar refractivity (Wildman–Crippen MR) is 108 cm³/mol. The molecule has 30 heavy (non-hydrogen) atoms. The van der Waals surface area contributed by atoms with E-state index in [0.29, 0.717) is 0 Å². The van der Waals surface area contributed by atoms with E-state index < -0.39 is 41.3 Å². The minimum atomic E-state index is -2.10. The van der Waals surface area contributed by atoms with Crippen molar-refractivity contribution in [1.82, 2.24) is 4.57 Å². The molecule has 0 fully saturated rings. The highest BCUT2D eigenvalue weighted by atomic mass is 16.6. The second kappa shape index (κ2) is 7.78. The van der Waals surface area contributed by atoms with Crippen molar-refractivity contribution in [1.29, 1.82) is 0 Å². The summed E-state index contributed by atoms with van der Waals surface area (Å²) in [4.78, 5) is 53.6. The third kappa shape index (κ3) is 3.60. The van der Waals surface area contributed by atoms with Crippen molar-refractivity contribution in [2.24, 2.45) is 0 Å². The Bertz CT molecular complexity index is 989. The molecule has 8 heteroatoms. The summed E-state index contributed by atoms with van der Waals surface area (Å²) in [5.41, 5.74) is -2.53. The first kappa shape index (κ1) is 21.3. The third-order valence-corrected chi connectivity index (χ3v) is 4.59. The van der Waals surface area contributed by atoms with Crippen LogP contribution in [0.2, 0.25) is 0 Å². The van der Waals surface area contributed by atoms with Crippen LogP contribution in [0.5, 0.6) is 0 Å². The molecule has 0 saturated heterocycles. The maximum absolute atomic E-state index is 13.7. The Morgan fingerprint density at radius 3 is 2.30 bits per heavy atom. The molecule has 1 atom stereocenters. The van der Waals surface area contributed by atoms with Crippen molar-refractivity contribution in [3.63, 3.8) is 0 Å². The molecule has 0 N–H and O–H groups in total. The Labute approximate surface area is 174 Å². The van der Waals surface area contributed by atoms with Crippen molar-refractivity contribution in [3.8, 4) is 0 Å². The number of esters is 2. The van der Waals surface area contributed by atoms with Crippen LogP contribution in [0, 0.1) is 0 Å². The van der Waals surface area contributed by atoms with Gasteiger partial charge in [0.05, 0.1) is 18.7 Å². The molecule has 2 heterocycles. The summed E-state index contributed by atoms with van der Waals surface area (Å²) < 4.78 is 11.8. The van der Waals surface area contributed by atoms with E-state index in [1.54, 1.807) is 58.0 Å². The zero-order chi connectivity index (χ0) is 22.1. The summed E-state index contributed by atoms with van der Waals surface area (Å²) in [5, 5.41) is 0. The van der Waals surface area contributed by atoms with E-state index in [-0.39, 0.29) is 18.0 Å². The van der Waals surface area contributed by atoms with Gasteiger partial charge < -0.3 is 14.0 Å². The lowest BCUT2D eigenvalue weighted by atomic mass is 9.89. The van der Waals surface area contributed by atoms with E-state index in [9.17, 15) is 19.2 Å². The summed E-state index contributed by atoms with van der Waals surface area (Å²) in [6.07, 6.45) is 0.814. The highest BCUT2D eigenvalue weighted by Crippen LogP contribution is 2.36. The number of imide groups is 1. The predicted octanol–water partition coefficient (Wildman–Crippen LogP) is 2.67. The summed E-state index contributed by atoms with van der Waals surface area (Å²) in [6, 6.07) is 11.3. The van der Waals surface area contributed by atoms with Gasteiger partial charge in [0.15, 0.2) is 0 Å². The average molecular weight is 412 g/mol. The fraction of sp³-hybridized carbons (Fsp3) is 0.364. The van der Waals surface area contributed by atoms with E-state index in [1.807, 2.05) is 0 Å². The first-order valence-electron chi connectivity index (χ1n) is 9.62. The Balaban J connectivity index is 2.19. The first-order chi connectivity index (χ1) is 14.1. The van der Waals surface area contributed by atoms with Crippen molar-refractivity contribution in [3.05, 3.63) is 54.4 Å². The number of para-hydroxylation sites is 1. The average Bonchev–Trinajstić information content (AvgIpc) is 3.15. The van der Waals surface area contributed by atoms with Crippen LogP contribution in [-0.2, 0) is 29.4 Å². The van der Waals surface area contributed by atoms with Crippen LogP contribution in [-0.4, -0.2) is 40.5 Å². The van der Waals surface area contributed by atoms with Crippen LogP contribution in [0.1, 0.15) is 44.6 Å².